The van der Waals surface area contributed by atoms with Gasteiger partial charge in [0.25, 0.3) is 0 Å². The summed E-state index contributed by atoms with van der Waals surface area (Å²) in [7, 11) is 0. The predicted octanol–water partition coefficient (Wildman–Crippen LogP) is 3.50. The highest BCUT2D eigenvalue weighted by atomic mass is 16.4. The molecule has 0 spiro atoms. The van der Waals surface area contributed by atoms with E-state index in [4.69, 9.17) is 0 Å². The van der Waals surface area contributed by atoms with E-state index in [2.05, 4.69) is 17.1 Å². The van der Waals surface area contributed by atoms with E-state index < -0.39 is 5.97 Å². The molecule has 0 radical (unpaired) electrons. The lowest BCUT2D eigenvalue weighted by Gasteiger charge is -2.21. The smallest absolute Gasteiger partial charge is 0.337 e. The molecule has 0 saturated carbocycles. The Bertz CT molecular complexity index is 868. The van der Waals surface area contributed by atoms with Gasteiger partial charge in [-0.05, 0) is 29.2 Å². The monoisotopic (exact) mass is 261 g/mol. The van der Waals surface area contributed by atoms with Gasteiger partial charge in [0.15, 0.2) is 0 Å². The van der Waals surface area contributed by atoms with Crippen molar-refractivity contribution in [2.24, 2.45) is 0 Å². The standard InChI is InChI=1S/C17H11NO2/c19-17(20)13-9-18-14-7-3-5-11-8-10-4-1-2-6-12(10)16(13)15(11)14/h1-7,9H,8H2,(H,19,20). The summed E-state index contributed by atoms with van der Waals surface area (Å²) in [5.41, 5.74) is 5.26. The molecule has 96 valence electrons. The second-order valence-corrected chi connectivity index (χ2v) is 5.00. The van der Waals surface area contributed by atoms with Crippen LogP contribution in [-0.2, 0) is 6.42 Å². The first-order valence-corrected chi connectivity index (χ1v) is 6.48. The van der Waals surface area contributed by atoms with Crippen molar-refractivity contribution >= 4 is 16.9 Å². The third-order valence-electron chi connectivity index (χ3n) is 3.88. The molecule has 2 aromatic carbocycles. The quantitative estimate of drug-likeness (QED) is 0.570. The Morgan fingerprint density at radius 3 is 2.70 bits per heavy atom. The van der Waals surface area contributed by atoms with Crippen molar-refractivity contribution in [1.29, 1.82) is 0 Å². The van der Waals surface area contributed by atoms with Crippen LogP contribution in [0.15, 0.2) is 48.7 Å². The fraction of sp³-hybridized carbons (Fsp3) is 0.0588. The summed E-state index contributed by atoms with van der Waals surface area (Å²) in [5, 5.41) is 10.4. The van der Waals surface area contributed by atoms with Crippen molar-refractivity contribution in [1.82, 2.24) is 4.98 Å². The Morgan fingerprint density at radius 2 is 1.85 bits per heavy atom. The summed E-state index contributed by atoms with van der Waals surface area (Å²) in [6, 6.07) is 14.0. The van der Waals surface area contributed by atoms with Gasteiger partial charge in [-0.25, -0.2) is 4.79 Å². The number of nitrogens with zero attached hydrogens (tertiary/aromatic N) is 1. The van der Waals surface area contributed by atoms with Gasteiger partial charge in [0.2, 0.25) is 0 Å². The summed E-state index contributed by atoms with van der Waals surface area (Å²) in [6.45, 7) is 0. The number of benzene rings is 2. The highest BCUT2D eigenvalue weighted by molar-refractivity contribution is 6.09. The van der Waals surface area contributed by atoms with Crippen LogP contribution in [0.4, 0.5) is 0 Å². The molecule has 4 rings (SSSR count). The van der Waals surface area contributed by atoms with Crippen LogP contribution in [0.2, 0.25) is 0 Å². The minimum Gasteiger partial charge on any atom is -0.478 e. The molecule has 0 unspecified atom stereocenters. The highest BCUT2D eigenvalue weighted by Crippen LogP contribution is 2.40. The molecule has 20 heavy (non-hydrogen) atoms. The Labute approximate surface area is 115 Å². The van der Waals surface area contributed by atoms with E-state index in [1.807, 2.05) is 30.3 Å². The van der Waals surface area contributed by atoms with E-state index >= 15 is 0 Å². The van der Waals surface area contributed by atoms with Crippen LogP contribution in [0.3, 0.4) is 0 Å². The second kappa shape index (κ2) is 3.90. The molecule has 1 heterocycles. The maximum atomic E-state index is 11.5. The van der Waals surface area contributed by atoms with E-state index in [9.17, 15) is 9.90 Å². The number of carboxylic acids is 1. The number of carboxylic acid groups (broad SMARTS) is 1. The van der Waals surface area contributed by atoms with Gasteiger partial charge in [-0.3, -0.25) is 4.98 Å². The van der Waals surface area contributed by atoms with E-state index in [-0.39, 0.29) is 5.56 Å². The van der Waals surface area contributed by atoms with Gasteiger partial charge in [0.1, 0.15) is 0 Å². The minimum atomic E-state index is -0.930. The molecule has 0 amide bonds. The van der Waals surface area contributed by atoms with Crippen molar-refractivity contribution < 1.29 is 9.90 Å². The fourth-order valence-electron chi connectivity index (χ4n) is 3.03. The maximum Gasteiger partial charge on any atom is 0.337 e. The summed E-state index contributed by atoms with van der Waals surface area (Å²) < 4.78 is 0. The molecule has 1 aromatic heterocycles. The first kappa shape index (κ1) is 11.2. The predicted molar refractivity (Wildman–Crippen MR) is 76.9 cm³/mol. The van der Waals surface area contributed by atoms with Crippen LogP contribution in [0.5, 0.6) is 0 Å². The molecule has 0 fully saturated rings. The third-order valence-corrected chi connectivity index (χ3v) is 3.88. The van der Waals surface area contributed by atoms with Gasteiger partial charge in [-0.15, -0.1) is 0 Å². The molecule has 3 aromatic rings. The number of carbonyl (C=O) groups is 1. The van der Waals surface area contributed by atoms with Crippen molar-refractivity contribution in [2.45, 2.75) is 6.42 Å². The SMILES string of the molecule is O=C(O)c1cnc2cccc3c2c1-c1ccccc1C3. The zero-order valence-corrected chi connectivity index (χ0v) is 10.6. The van der Waals surface area contributed by atoms with Crippen LogP contribution >= 0.6 is 0 Å². The van der Waals surface area contributed by atoms with E-state index in [0.717, 1.165) is 34.0 Å². The molecular formula is C17H11NO2. The summed E-state index contributed by atoms with van der Waals surface area (Å²) in [5.74, 6) is -0.930. The van der Waals surface area contributed by atoms with Crippen LogP contribution in [-0.4, -0.2) is 16.1 Å². The molecule has 0 bridgehead atoms. The molecule has 1 aliphatic rings. The van der Waals surface area contributed by atoms with Crippen molar-refractivity contribution in [3.63, 3.8) is 0 Å². The number of aromatic carboxylic acids is 1. The van der Waals surface area contributed by atoms with Gasteiger partial charge in [0.05, 0.1) is 11.1 Å². The number of aromatic nitrogens is 1. The molecule has 3 heteroatoms. The average molecular weight is 261 g/mol. The second-order valence-electron chi connectivity index (χ2n) is 5.00. The molecule has 0 atom stereocenters. The molecule has 1 aliphatic carbocycles. The Balaban J connectivity index is 2.24. The number of hydrogen-bond acceptors (Lipinski definition) is 2. The van der Waals surface area contributed by atoms with Gasteiger partial charge < -0.3 is 5.11 Å². The number of pyridine rings is 1. The Kier molecular flexibility index (Phi) is 2.18. The Morgan fingerprint density at radius 1 is 1.05 bits per heavy atom. The normalized spacial score (nSPS) is 12.2. The number of hydrogen-bond donors (Lipinski definition) is 1. The molecule has 3 nitrogen and oxygen atoms in total. The summed E-state index contributed by atoms with van der Waals surface area (Å²) >= 11 is 0. The van der Waals surface area contributed by atoms with Crippen molar-refractivity contribution in [3.05, 3.63) is 65.4 Å². The highest BCUT2D eigenvalue weighted by Gasteiger charge is 2.23. The van der Waals surface area contributed by atoms with Gasteiger partial charge >= 0.3 is 5.97 Å². The Hall–Kier alpha value is -2.68. The van der Waals surface area contributed by atoms with E-state index in [0.29, 0.717) is 0 Å². The lowest BCUT2D eigenvalue weighted by Crippen LogP contribution is -2.08. The zero-order chi connectivity index (χ0) is 13.7. The molecule has 1 N–H and O–H groups in total. The third kappa shape index (κ3) is 1.40. The molecule has 0 saturated heterocycles. The minimum absolute atomic E-state index is 0.275. The van der Waals surface area contributed by atoms with Crippen LogP contribution in [0, 0.1) is 0 Å². The fourth-order valence-corrected chi connectivity index (χ4v) is 3.03. The van der Waals surface area contributed by atoms with Crippen molar-refractivity contribution in [2.75, 3.05) is 0 Å². The lowest BCUT2D eigenvalue weighted by molar-refractivity contribution is 0.0697. The van der Waals surface area contributed by atoms with Gasteiger partial charge in [-0.2, -0.15) is 0 Å². The zero-order valence-electron chi connectivity index (χ0n) is 10.6. The summed E-state index contributed by atoms with van der Waals surface area (Å²) in [6.07, 6.45) is 2.29. The maximum absolute atomic E-state index is 11.5. The van der Waals surface area contributed by atoms with Crippen molar-refractivity contribution in [3.8, 4) is 11.1 Å². The van der Waals surface area contributed by atoms with E-state index in [1.165, 1.54) is 11.8 Å². The largest absolute Gasteiger partial charge is 0.478 e. The molecule has 0 aliphatic heterocycles. The van der Waals surface area contributed by atoms with E-state index in [1.54, 1.807) is 0 Å². The number of rotatable bonds is 1. The lowest BCUT2D eigenvalue weighted by atomic mass is 9.83. The van der Waals surface area contributed by atoms with Crippen LogP contribution < -0.4 is 0 Å². The number of fused-ring (bicyclic) bond motifs is 2. The topological polar surface area (TPSA) is 50.2 Å². The first-order chi connectivity index (χ1) is 9.75. The first-order valence-electron chi connectivity index (χ1n) is 6.48. The van der Waals surface area contributed by atoms with Gasteiger partial charge in [-0.1, -0.05) is 36.4 Å². The molecular weight excluding hydrogens is 250 g/mol. The average Bonchev–Trinajstić information content (AvgIpc) is 2.47. The summed E-state index contributed by atoms with van der Waals surface area (Å²) in [4.78, 5) is 15.8. The van der Waals surface area contributed by atoms with Crippen LogP contribution in [0.25, 0.3) is 22.0 Å². The van der Waals surface area contributed by atoms with Gasteiger partial charge in [0, 0.05) is 17.1 Å². The van der Waals surface area contributed by atoms with Crippen LogP contribution in [0.1, 0.15) is 21.5 Å².